The molecule has 2 aromatic rings. The summed E-state index contributed by atoms with van der Waals surface area (Å²) in [6.45, 7) is 1.98. The summed E-state index contributed by atoms with van der Waals surface area (Å²) >= 11 is 0. The van der Waals surface area contributed by atoms with Crippen LogP contribution in [0.3, 0.4) is 0 Å². The zero-order valence-electron chi connectivity index (χ0n) is 6.81. The first-order valence-corrected chi connectivity index (χ1v) is 3.81. The maximum atomic E-state index is 4.16. The first-order valence-electron chi connectivity index (χ1n) is 3.81. The standard InChI is InChI=1S/C9H9N3/c1-2-3-8-6-11-9-10-4-5-12(9)7-8/h2-7H,1H3. The molecule has 2 heterocycles. The lowest BCUT2D eigenvalue weighted by Crippen LogP contribution is -1.87. The molecule has 0 saturated carbocycles. The Kier molecular flexibility index (Phi) is 1.63. The van der Waals surface area contributed by atoms with Crippen molar-refractivity contribution in [1.29, 1.82) is 0 Å². The van der Waals surface area contributed by atoms with Crippen LogP contribution in [0.4, 0.5) is 0 Å². The Morgan fingerprint density at radius 1 is 1.42 bits per heavy atom. The minimum Gasteiger partial charge on any atom is -0.291 e. The minimum atomic E-state index is 0.739. The number of aromatic nitrogens is 3. The molecule has 0 bridgehead atoms. The van der Waals surface area contributed by atoms with Gasteiger partial charge in [0, 0.05) is 30.4 Å². The van der Waals surface area contributed by atoms with Crippen LogP contribution >= 0.6 is 0 Å². The quantitative estimate of drug-likeness (QED) is 0.634. The molecule has 0 aromatic carbocycles. The predicted octanol–water partition coefficient (Wildman–Crippen LogP) is 1.76. The molecule has 0 fully saturated rings. The second-order valence-electron chi connectivity index (χ2n) is 2.52. The van der Waals surface area contributed by atoms with Crippen molar-refractivity contribution in [3.63, 3.8) is 0 Å². The fourth-order valence-corrected chi connectivity index (χ4v) is 1.11. The molecule has 12 heavy (non-hydrogen) atoms. The van der Waals surface area contributed by atoms with E-state index in [1.807, 2.05) is 42.1 Å². The summed E-state index contributed by atoms with van der Waals surface area (Å²) in [5.41, 5.74) is 1.09. The van der Waals surface area contributed by atoms with Gasteiger partial charge in [-0.05, 0) is 6.92 Å². The average Bonchev–Trinajstić information content (AvgIpc) is 2.51. The molecular weight excluding hydrogens is 150 g/mol. The molecule has 0 atom stereocenters. The monoisotopic (exact) mass is 159 g/mol. The van der Waals surface area contributed by atoms with E-state index >= 15 is 0 Å². The first-order chi connectivity index (χ1) is 5.90. The van der Waals surface area contributed by atoms with E-state index in [1.54, 1.807) is 6.20 Å². The van der Waals surface area contributed by atoms with Gasteiger partial charge in [-0.1, -0.05) is 12.2 Å². The number of allylic oxidation sites excluding steroid dienone is 1. The van der Waals surface area contributed by atoms with Crippen LogP contribution in [0.2, 0.25) is 0 Å². The van der Waals surface area contributed by atoms with Crippen LogP contribution in [0.15, 0.2) is 30.9 Å². The molecule has 0 aliphatic carbocycles. The third kappa shape index (κ3) is 1.09. The van der Waals surface area contributed by atoms with Crippen molar-refractivity contribution < 1.29 is 0 Å². The van der Waals surface area contributed by atoms with E-state index in [0.717, 1.165) is 11.3 Å². The highest BCUT2D eigenvalue weighted by molar-refractivity contribution is 5.48. The summed E-state index contributed by atoms with van der Waals surface area (Å²) in [6, 6.07) is 0. The zero-order chi connectivity index (χ0) is 8.39. The van der Waals surface area contributed by atoms with Crippen molar-refractivity contribution >= 4 is 11.9 Å². The molecule has 0 saturated heterocycles. The highest BCUT2D eigenvalue weighted by atomic mass is 15.1. The Labute approximate surface area is 70.4 Å². The van der Waals surface area contributed by atoms with Crippen LogP contribution < -0.4 is 0 Å². The molecule has 0 unspecified atom stereocenters. The number of hydrogen-bond acceptors (Lipinski definition) is 2. The van der Waals surface area contributed by atoms with Crippen LogP contribution in [0.25, 0.3) is 11.9 Å². The summed E-state index contributed by atoms with van der Waals surface area (Å²) in [5.74, 6) is 0.739. The zero-order valence-corrected chi connectivity index (χ0v) is 6.81. The van der Waals surface area contributed by atoms with Gasteiger partial charge in [-0.2, -0.15) is 0 Å². The highest BCUT2D eigenvalue weighted by Gasteiger charge is 1.93. The normalized spacial score (nSPS) is 11.4. The Balaban J connectivity index is 2.60. The van der Waals surface area contributed by atoms with Crippen molar-refractivity contribution in [2.45, 2.75) is 6.92 Å². The van der Waals surface area contributed by atoms with E-state index in [1.165, 1.54) is 0 Å². The van der Waals surface area contributed by atoms with Crippen molar-refractivity contribution in [3.05, 3.63) is 36.4 Å². The van der Waals surface area contributed by atoms with Crippen LogP contribution in [0.5, 0.6) is 0 Å². The lowest BCUT2D eigenvalue weighted by atomic mass is 10.3. The Morgan fingerprint density at radius 3 is 3.17 bits per heavy atom. The summed E-state index contributed by atoms with van der Waals surface area (Å²) in [6.07, 6.45) is 11.4. The second kappa shape index (κ2) is 2.77. The van der Waals surface area contributed by atoms with E-state index in [9.17, 15) is 0 Å². The van der Waals surface area contributed by atoms with Gasteiger partial charge in [-0.15, -0.1) is 0 Å². The van der Waals surface area contributed by atoms with Gasteiger partial charge in [0.1, 0.15) is 0 Å². The van der Waals surface area contributed by atoms with Crippen molar-refractivity contribution in [2.75, 3.05) is 0 Å². The SMILES string of the molecule is CC=Cc1cnc2nccn2c1. The number of fused-ring (bicyclic) bond motifs is 1. The first kappa shape index (κ1) is 7.03. The van der Waals surface area contributed by atoms with E-state index in [2.05, 4.69) is 9.97 Å². The molecule has 0 radical (unpaired) electrons. The number of imidazole rings is 1. The van der Waals surface area contributed by atoms with Crippen LogP contribution in [0.1, 0.15) is 12.5 Å². The van der Waals surface area contributed by atoms with Crippen molar-refractivity contribution in [3.8, 4) is 0 Å². The van der Waals surface area contributed by atoms with Gasteiger partial charge < -0.3 is 0 Å². The van der Waals surface area contributed by atoms with E-state index in [-0.39, 0.29) is 0 Å². The molecule has 0 aliphatic rings. The maximum absolute atomic E-state index is 4.16. The summed E-state index contributed by atoms with van der Waals surface area (Å²) < 4.78 is 1.90. The Bertz CT molecular complexity index is 414. The molecule has 0 amide bonds. The smallest absolute Gasteiger partial charge is 0.233 e. The number of rotatable bonds is 1. The molecule has 3 nitrogen and oxygen atoms in total. The predicted molar refractivity (Wildman–Crippen MR) is 47.7 cm³/mol. The van der Waals surface area contributed by atoms with Gasteiger partial charge in [0.05, 0.1) is 0 Å². The third-order valence-corrected chi connectivity index (χ3v) is 1.62. The average molecular weight is 159 g/mol. The Hall–Kier alpha value is -1.64. The minimum absolute atomic E-state index is 0.739. The van der Waals surface area contributed by atoms with Crippen LogP contribution in [0, 0.1) is 0 Å². The van der Waals surface area contributed by atoms with Gasteiger partial charge in [-0.25, -0.2) is 9.97 Å². The van der Waals surface area contributed by atoms with Gasteiger partial charge >= 0.3 is 0 Å². The fraction of sp³-hybridized carbons (Fsp3) is 0.111. The molecule has 2 aromatic heterocycles. The molecule has 0 aliphatic heterocycles. The summed E-state index contributed by atoms with van der Waals surface area (Å²) in [5, 5.41) is 0. The van der Waals surface area contributed by atoms with Crippen molar-refractivity contribution in [2.24, 2.45) is 0 Å². The van der Waals surface area contributed by atoms with Gasteiger partial charge in [-0.3, -0.25) is 4.40 Å². The molecule has 3 heteroatoms. The molecular formula is C9H9N3. The molecule has 0 N–H and O–H groups in total. The summed E-state index contributed by atoms with van der Waals surface area (Å²) in [7, 11) is 0. The van der Waals surface area contributed by atoms with Crippen LogP contribution in [-0.2, 0) is 0 Å². The largest absolute Gasteiger partial charge is 0.291 e. The summed E-state index contributed by atoms with van der Waals surface area (Å²) in [4.78, 5) is 8.21. The third-order valence-electron chi connectivity index (χ3n) is 1.62. The topological polar surface area (TPSA) is 30.2 Å². The van der Waals surface area contributed by atoms with E-state index in [4.69, 9.17) is 0 Å². The Morgan fingerprint density at radius 2 is 2.33 bits per heavy atom. The van der Waals surface area contributed by atoms with E-state index < -0.39 is 0 Å². The molecule has 0 spiro atoms. The van der Waals surface area contributed by atoms with Gasteiger partial charge in [0.25, 0.3) is 0 Å². The highest BCUT2D eigenvalue weighted by Crippen LogP contribution is 2.02. The maximum Gasteiger partial charge on any atom is 0.233 e. The van der Waals surface area contributed by atoms with Gasteiger partial charge in [0.15, 0.2) is 0 Å². The van der Waals surface area contributed by atoms with E-state index in [0.29, 0.717) is 0 Å². The lowest BCUT2D eigenvalue weighted by molar-refractivity contribution is 1.10. The fourth-order valence-electron chi connectivity index (χ4n) is 1.11. The van der Waals surface area contributed by atoms with Crippen molar-refractivity contribution in [1.82, 2.24) is 14.4 Å². The second-order valence-corrected chi connectivity index (χ2v) is 2.52. The number of hydrogen-bond donors (Lipinski definition) is 0. The molecule has 60 valence electrons. The molecule has 2 rings (SSSR count). The van der Waals surface area contributed by atoms with Gasteiger partial charge in [0.2, 0.25) is 5.78 Å². The van der Waals surface area contributed by atoms with Crippen LogP contribution in [-0.4, -0.2) is 14.4 Å². The number of nitrogens with zero attached hydrogens (tertiary/aromatic N) is 3. The lowest BCUT2D eigenvalue weighted by Gasteiger charge is -1.93.